The molecular formula is C31H28N2O8S. The number of rotatable bonds is 7. The van der Waals surface area contributed by atoms with E-state index < -0.39 is 17.7 Å². The first-order valence-electron chi connectivity index (χ1n) is 13.1. The summed E-state index contributed by atoms with van der Waals surface area (Å²) < 4.78 is 28.6. The molecule has 10 nitrogen and oxygen atoms in total. The largest absolute Gasteiger partial charge is 0.507 e. The summed E-state index contributed by atoms with van der Waals surface area (Å²) in [7, 11) is 6.01. The second-order valence-corrected chi connectivity index (χ2v) is 10.9. The third kappa shape index (κ3) is 4.37. The zero-order valence-electron chi connectivity index (χ0n) is 23.6. The van der Waals surface area contributed by atoms with E-state index in [9.17, 15) is 14.7 Å². The quantitative estimate of drug-likeness (QED) is 0.175. The van der Waals surface area contributed by atoms with Gasteiger partial charge in [0.2, 0.25) is 5.75 Å². The fourth-order valence-electron chi connectivity index (χ4n) is 5.45. The third-order valence-corrected chi connectivity index (χ3v) is 8.42. The van der Waals surface area contributed by atoms with Gasteiger partial charge in [0.1, 0.15) is 23.4 Å². The molecule has 0 saturated carbocycles. The lowest BCUT2D eigenvalue weighted by atomic mass is 9.94. The number of amides is 1. The number of nitrogens with zero attached hydrogens (tertiary/aromatic N) is 2. The fourth-order valence-corrected chi connectivity index (χ4v) is 6.47. The molecule has 1 amide bonds. The van der Waals surface area contributed by atoms with E-state index in [1.165, 1.54) is 37.6 Å². The minimum Gasteiger partial charge on any atom is -0.507 e. The molecule has 0 radical (unpaired) electrons. The van der Waals surface area contributed by atoms with Crippen molar-refractivity contribution in [2.75, 3.05) is 33.3 Å². The number of ketones is 1. The van der Waals surface area contributed by atoms with Gasteiger partial charge in [-0.15, -0.1) is 0 Å². The highest BCUT2D eigenvalue weighted by atomic mass is 32.1. The molecule has 1 fully saturated rings. The van der Waals surface area contributed by atoms with Crippen molar-refractivity contribution in [2.24, 2.45) is 0 Å². The van der Waals surface area contributed by atoms with Crippen LogP contribution < -0.4 is 28.6 Å². The number of Topliss-reactive ketones (excluding diaryl/α,β-unsaturated/α-hetero) is 1. The van der Waals surface area contributed by atoms with Crippen LogP contribution in [-0.4, -0.2) is 56.3 Å². The van der Waals surface area contributed by atoms with Crippen molar-refractivity contribution in [3.63, 3.8) is 0 Å². The monoisotopic (exact) mass is 588 g/mol. The van der Waals surface area contributed by atoms with E-state index >= 15 is 0 Å². The van der Waals surface area contributed by atoms with Crippen molar-refractivity contribution in [3.05, 3.63) is 70.8 Å². The molecule has 3 heterocycles. The van der Waals surface area contributed by atoms with Crippen molar-refractivity contribution >= 4 is 44.1 Å². The number of benzene rings is 3. The number of carbonyl (C=O) groups excluding carboxylic acids is 2. The van der Waals surface area contributed by atoms with E-state index in [2.05, 4.69) is 4.98 Å². The number of thiazole rings is 1. The maximum Gasteiger partial charge on any atom is 0.301 e. The molecule has 0 spiro atoms. The summed E-state index contributed by atoms with van der Waals surface area (Å²) in [6.45, 7) is 1.96. The van der Waals surface area contributed by atoms with Gasteiger partial charge in [-0.1, -0.05) is 11.3 Å². The highest BCUT2D eigenvalue weighted by Gasteiger charge is 2.49. The summed E-state index contributed by atoms with van der Waals surface area (Å²) in [6.07, 6.45) is 0.663. The van der Waals surface area contributed by atoms with Gasteiger partial charge in [-0.05, 0) is 66.6 Å². The number of methoxy groups -OCH3 is 4. The van der Waals surface area contributed by atoms with Gasteiger partial charge in [0, 0.05) is 12.0 Å². The summed E-state index contributed by atoms with van der Waals surface area (Å²) in [5, 5.41) is 12.0. The number of hydrogen-bond donors (Lipinski definition) is 1. The lowest BCUT2D eigenvalue weighted by Gasteiger charge is -2.24. The molecular weight excluding hydrogens is 560 g/mol. The standard InChI is InChI=1S/C31H28N2O8S/c1-15-10-17-11-16(6-9-21(17)41-15)27(34)25-26(18-12-22(38-3)29(40-5)23(13-18)39-4)33(30(36)28(25)35)31-32-20-8-7-19(37-2)14-24(20)42-31/h6-9,11-15,26,34H,10H2,1-5H3/t15-,26-/m0/s1. The Balaban J connectivity index is 1.58. The van der Waals surface area contributed by atoms with Crippen LogP contribution >= 0.6 is 11.3 Å². The average molecular weight is 589 g/mol. The van der Waals surface area contributed by atoms with Crippen LogP contribution in [0.5, 0.6) is 28.7 Å². The zero-order valence-corrected chi connectivity index (χ0v) is 24.4. The van der Waals surface area contributed by atoms with Gasteiger partial charge in [-0.25, -0.2) is 4.98 Å². The van der Waals surface area contributed by atoms with E-state index in [1.807, 2.05) is 13.0 Å². The van der Waals surface area contributed by atoms with Crippen molar-refractivity contribution in [3.8, 4) is 28.7 Å². The van der Waals surface area contributed by atoms with Crippen molar-refractivity contribution in [1.29, 1.82) is 0 Å². The number of fused-ring (bicyclic) bond motifs is 2. The molecule has 0 bridgehead atoms. The molecule has 3 aromatic carbocycles. The first-order valence-corrected chi connectivity index (χ1v) is 13.9. The minimum absolute atomic E-state index is 0.000125. The lowest BCUT2D eigenvalue weighted by molar-refractivity contribution is -0.132. The highest BCUT2D eigenvalue weighted by molar-refractivity contribution is 7.22. The SMILES string of the molecule is COc1ccc2nc(N3C(=O)C(=O)C(=C(O)c4ccc5c(c4)C[C@H](C)O5)[C@@H]3c3cc(OC)c(OC)c(OC)c3)sc2c1. The van der Waals surface area contributed by atoms with Gasteiger partial charge in [-0.3, -0.25) is 14.5 Å². The van der Waals surface area contributed by atoms with Crippen LogP contribution in [0.25, 0.3) is 16.0 Å². The van der Waals surface area contributed by atoms with Crippen LogP contribution in [0.1, 0.15) is 29.7 Å². The van der Waals surface area contributed by atoms with Gasteiger partial charge >= 0.3 is 5.91 Å². The molecule has 2 aliphatic heterocycles. The topological polar surface area (TPSA) is 117 Å². The number of carbonyl (C=O) groups is 2. The maximum atomic E-state index is 13.8. The van der Waals surface area contributed by atoms with Gasteiger partial charge in [0.05, 0.1) is 50.3 Å². The van der Waals surface area contributed by atoms with Gasteiger partial charge in [0.15, 0.2) is 16.6 Å². The number of aliphatic hydroxyl groups excluding tert-OH is 1. The number of hydrogen-bond acceptors (Lipinski definition) is 10. The molecule has 0 aliphatic carbocycles. The van der Waals surface area contributed by atoms with Crippen LogP contribution in [0.3, 0.4) is 0 Å². The van der Waals surface area contributed by atoms with Crippen LogP contribution in [0.2, 0.25) is 0 Å². The van der Waals surface area contributed by atoms with Crippen LogP contribution in [0.15, 0.2) is 54.1 Å². The number of ether oxygens (including phenoxy) is 5. The predicted octanol–water partition coefficient (Wildman–Crippen LogP) is 5.28. The molecule has 216 valence electrons. The molecule has 11 heteroatoms. The summed E-state index contributed by atoms with van der Waals surface area (Å²) in [5.41, 5.74) is 2.31. The first kappa shape index (κ1) is 27.4. The van der Waals surface area contributed by atoms with E-state index in [1.54, 1.807) is 49.6 Å². The van der Waals surface area contributed by atoms with E-state index in [-0.39, 0.29) is 22.6 Å². The Hall–Kier alpha value is -4.77. The first-order chi connectivity index (χ1) is 20.3. The fraction of sp³-hybridized carbons (Fsp3) is 0.258. The smallest absolute Gasteiger partial charge is 0.301 e. The lowest BCUT2D eigenvalue weighted by Crippen LogP contribution is -2.29. The Morgan fingerprint density at radius 2 is 1.71 bits per heavy atom. The molecule has 42 heavy (non-hydrogen) atoms. The molecule has 1 saturated heterocycles. The Labute approximate surface area is 245 Å². The molecule has 6 rings (SSSR count). The maximum absolute atomic E-state index is 13.8. The summed E-state index contributed by atoms with van der Waals surface area (Å²) in [5.74, 6) is 0.402. The number of aliphatic hydroxyl groups is 1. The molecule has 2 atom stereocenters. The van der Waals surface area contributed by atoms with Gasteiger partial charge in [0.25, 0.3) is 5.78 Å². The Morgan fingerprint density at radius 3 is 2.38 bits per heavy atom. The van der Waals surface area contributed by atoms with Crippen molar-refractivity contribution in [1.82, 2.24) is 4.98 Å². The van der Waals surface area contributed by atoms with E-state index in [4.69, 9.17) is 23.7 Å². The zero-order chi connectivity index (χ0) is 29.7. The molecule has 0 unspecified atom stereocenters. The van der Waals surface area contributed by atoms with Crippen molar-refractivity contribution < 1.29 is 38.4 Å². The minimum atomic E-state index is -1.05. The average Bonchev–Trinajstić information content (AvgIpc) is 3.67. The summed E-state index contributed by atoms with van der Waals surface area (Å²) in [4.78, 5) is 33.5. The highest BCUT2D eigenvalue weighted by Crippen LogP contribution is 2.48. The third-order valence-electron chi connectivity index (χ3n) is 7.41. The number of anilines is 1. The van der Waals surface area contributed by atoms with Crippen LogP contribution in [0, 0.1) is 0 Å². The summed E-state index contributed by atoms with van der Waals surface area (Å²) in [6, 6.07) is 12.9. The molecule has 4 aromatic rings. The molecule has 2 aliphatic rings. The summed E-state index contributed by atoms with van der Waals surface area (Å²) >= 11 is 1.24. The Bertz CT molecular complexity index is 1750. The molecule has 1 aromatic heterocycles. The normalized spacial score (nSPS) is 19.1. The van der Waals surface area contributed by atoms with E-state index in [0.29, 0.717) is 46.1 Å². The Morgan fingerprint density at radius 1 is 0.976 bits per heavy atom. The second kappa shape index (κ2) is 10.6. The van der Waals surface area contributed by atoms with Crippen LogP contribution in [-0.2, 0) is 16.0 Å². The van der Waals surface area contributed by atoms with Gasteiger partial charge in [-0.2, -0.15) is 0 Å². The molecule has 1 N–H and O–H groups in total. The number of aromatic nitrogens is 1. The second-order valence-electron chi connectivity index (χ2n) is 9.91. The van der Waals surface area contributed by atoms with Crippen molar-refractivity contribution in [2.45, 2.75) is 25.5 Å². The Kier molecular flexibility index (Phi) is 6.90. The van der Waals surface area contributed by atoms with E-state index in [0.717, 1.165) is 16.0 Å². The van der Waals surface area contributed by atoms with Gasteiger partial charge < -0.3 is 28.8 Å². The van der Waals surface area contributed by atoms with Crippen LogP contribution in [0.4, 0.5) is 5.13 Å². The predicted molar refractivity (Wildman–Crippen MR) is 157 cm³/mol.